The fourth-order valence-electron chi connectivity index (χ4n) is 2.55. The van der Waals surface area contributed by atoms with Gasteiger partial charge in [0.2, 0.25) is 0 Å². The number of anilines is 1. The predicted octanol–water partition coefficient (Wildman–Crippen LogP) is 3.32. The van der Waals surface area contributed by atoms with Gasteiger partial charge in [-0.05, 0) is 43.0 Å². The Balaban J connectivity index is 1.97. The van der Waals surface area contributed by atoms with Crippen molar-refractivity contribution in [2.75, 3.05) is 18.4 Å². The second-order valence-corrected chi connectivity index (χ2v) is 6.01. The fourth-order valence-corrected chi connectivity index (χ4v) is 2.55. The van der Waals surface area contributed by atoms with E-state index in [0.717, 1.165) is 25.9 Å². The van der Waals surface area contributed by atoms with Crippen LogP contribution in [0.1, 0.15) is 36.5 Å². The Morgan fingerprint density at radius 3 is 2.50 bits per heavy atom. The first-order chi connectivity index (χ1) is 11.5. The molecule has 0 unspecified atom stereocenters. The van der Waals surface area contributed by atoms with Crippen LogP contribution < -0.4 is 5.32 Å². The molecule has 7 nitrogen and oxygen atoms in total. The number of nitrogens with zero attached hydrogens (tertiary/aromatic N) is 2. The number of piperidine rings is 1. The van der Waals surface area contributed by atoms with Gasteiger partial charge in [0.05, 0.1) is 12.1 Å². The Bertz CT molecular complexity index is 632. The van der Waals surface area contributed by atoms with Gasteiger partial charge in [0.25, 0.3) is 5.91 Å². The lowest BCUT2D eigenvalue weighted by Crippen LogP contribution is -2.37. The predicted molar refractivity (Wildman–Crippen MR) is 89.8 cm³/mol. The molecule has 1 aliphatic heterocycles. The average Bonchev–Trinajstić information content (AvgIpc) is 2.59. The van der Waals surface area contributed by atoms with Crippen molar-refractivity contribution in [3.8, 4) is 0 Å². The number of likely N-dealkylation sites (tertiary alicyclic amines) is 1. The number of hydrogen-bond acceptors (Lipinski definition) is 5. The summed E-state index contributed by atoms with van der Waals surface area (Å²) in [4.78, 5) is 24.9. The highest BCUT2D eigenvalue weighted by molar-refractivity contribution is 5.94. The highest BCUT2D eigenvalue weighted by Gasteiger charge is 2.21. The summed E-state index contributed by atoms with van der Waals surface area (Å²) in [5, 5.41) is 14.7. The minimum absolute atomic E-state index is 0.0386. The first-order valence-electron chi connectivity index (χ1n) is 7.93. The van der Waals surface area contributed by atoms with E-state index in [2.05, 4.69) is 17.4 Å². The van der Waals surface area contributed by atoms with Gasteiger partial charge in [-0.2, -0.15) is 5.11 Å². The SMILES string of the molecule is CC1CCN(C(=O)c2ccc(N/C=C(/CC(=O)O)N=N)cc2)CC1. The van der Waals surface area contributed by atoms with Crippen LogP contribution >= 0.6 is 0 Å². The van der Waals surface area contributed by atoms with Crippen molar-refractivity contribution in [3.05, 3.63) is 41.7 Å². The number of benzene rings is 1. The van der Waals surface area contributed by atoms with Crippen LogP contribution in [0.4, 0.5) is 5.69 Å². The zero-order valence-corrected chi connectivity index (χ0v) is 13.7. The van der Waals surface area contributed by atoms with Crippen LogP contribution in [-0.4, -0.2) is 35.0 Å². The number of aliphatic carboxylic acids is 1. The first-order valence-corrected chi connectivity index (χ1v) is 7.93. The zero-order valence-electron chi connectivity index (χ0n) is 13.7. The standard InChI is InChI=1S/C17H22N4O3/c1-12-6-8-21(9-7-12)17(24)13-2-4-14(5-3-13)19-11-15(20-18)10-16(22)23/h2-5,11-12,18-19H,6-10H2,1H3,(H,22,23)/b15-11-,20-18?. The summed E-state index contributed by atoms with van der Waals surface area (Å²) >= 11 is 0. The summed E-state index contributed by atoms with van der Waals surface area (Å²) < 4.78 is 0. The molecule has 1 aromatic rings. The van der Waals surface area contributed by atoms with E-state index < -0.39 is 5.97 Å². The van der Waals surface area contributed by atoms with Crippen molar-refractivity contribution in [1.29, 1.82) is 5.53 Å². The Labute approximate surface area is 140 Å². The van der Waals surface area contributed by atoms with E-state index in [-0.39, 0.29) is 18.0 Å². The third kappa shape index (κ3) is 4.91. The van der Waals surface area contributed by atoms with Crippen LogP contribution in [0.5, 0.6) is 0 Å². The van der Waals surface area contributed by atoms with Crippen molar-refractivity contribution >= 4 is 17.6 Å². The van der Waals surface area contributed by atoms with Gasteiger partial charge in [-0.15, -0.1) is 0 Å². The number of carboxylic acids is 1. The van der Waals surface area contributed by atoms with E-state index in [1.165, 1.54) is 6.20 Å². The minimum Gasteiger partial charge on any atom is -0.481 e. The maximum atomic E-state index is 12.4. The number of carboxylic acid groups (broad SMARTS) is 1. The van der Waals surface area contributed by atoms with Crippen molar-refractivity contribution in [2.45, 2.75) is 26.2 Å². The van der Waals surface area contributed by atoms with Crippen molar-refractivity contribution in [1.82, 2.24) is 4.90 Å². The molecule has 1 amide bonds. The maximum Gasteiger partial charge on any atom is 0.309 e. The van der Waals surface area contributed by atoms with Gasteiger partial charge in [-0.25, -0.2) is 5.53 Å². The third-order valence-corrected chi connectivity index (χ3v) is 4.08. The lowest BCUT2D eigenvalue weighted by atomic mass is 9.98. The number of hydrogen-bond donors (Lipinski definition) is 3. The van der Waals surface area contributed by atoms with Crippen LogP contribution in [0.3, 0.4) is 0 Å². The molecule has 1 saturated heterocycles. The van der Waals surface area contributed by atoms with Gasteiger partial charge in [-0.1, -0.05) is 6.92 Å². The normalized spacial score (nSPS) is 15.9. The Morgan fingerprint density at radius 2 is 1.96 bits per heavy atom. The second kappa shape index (κ2) is 8.24. The summed E-state index contributed by atoms with van der Waals surface area (Å²) in [6, 6.07) is 6.98. The summed E-state index contributed by atoms with van der Waals surface area (Å²) in [7, 11) is 0. The molecule has 7 heteroatoms. The fraction of sp³-hybridized carbons (Fsp3) is 0.412. The number of amides is 1. The van der Waals surface area contributed by atoms with Crippen molar-refractivity contribution in [2.24, 2.45) is 11.0 Å². The molecule has 1 fully saturated rings. The van der Waals surface area contributed by atoms with Gasteiger partial charge < -0.3 is 15.3 Å². The quantitative estimate of drug-likeness (QED) is 0.696. The molecule has 0 radical (unpaired) electrons. The van der Waals surface area contributed by atoms with Crippen LogP contribution in [0.15, 0.2) is 41.3 Å². The van der Waals surface area contributed by atoms with Crippen LogP contribution in [0.25, 0.3) is 0 Å². The average molecular weight is 330 g/mol. The summed E-state index contributed by atoms with van der Waals surface area (Å²) in [5.41, 5.74) is 8.39. The Morgan fingerprint density at radius 1 is 1.33 bits per heavy atom. The summed E-state index contributed by atoms with van der Waals surface area (Å²) in [6.45, 7) is 3.80. The minimum atomic E-state index is -1.05. The molecule has 2 rings (SSSR count). The molecule has 1 heterocycles. The number of nitrogens with one attached hydrogen (secondary N) is 2. The van der Waals surface area contributed by atoms with Gasteiger partial charge >= 0.3 is 5.97 Å². The lowest BCUT2D eigenvalue weighted by Gasteiger charge is -2.30. The number of carbonyl (C=O) groups is 2. The zero-order chi connectivity index (χ0) is 17.5. The van der Waals surface area contributed by atoms with Gasteiger partial charge in [0.15, 0.2) is 0 Å². The van der Waals surface area contributed by atoms with Crippen LogP contribution in [0, 0.1) is 11.4 Å². The molecule has 1 aromatic carbocycles. The molecule has 0 aliphatic carbocycles. The van der Waals surface area contributed by atoms with Crippen molar-refractivity contribution in [3.63, 3.8) is 0 Å². The molecule has 0 bridgehead atoms. The number of rotatable bonds is 6. The molecule has 0 saturated carbocycles. The molecule has 1 aliphatic rings. The van der Waals surface area contributed by atoms with Gasteiger partial charge in [-0.3, -0.25) is 9.59 Å². The molecule has 24 heavy (non-hydrogen) atoms. The third-order valence-electron chi connectivity index (χ3n) is 4.08. The van der Waals surface area contributed by atoms with E-state index in [4.69, 9.17) is 10.6 Å². The molecule has 0 spiro atoms. The Hall–Kier alpha value is -2.70. The lowest BCUT2D eigenvalue weighted by molar-refractivity contribution is -0.136. The van der Waals surface area contributed by atoms with E-state index in [1.807, 2.05) is 4.90 Å². The Kier molecular flexibility index (Phi) is 6.06. The summed E-state index contributed by atoms with van der Waals surface area (Å²) in [5.74, 6) is -0.331. The van der Waals surface area contributed by atoms with Crippen molar-refractivity contribution < 1.29 is 14.7 Å². The topological polar surface area (TPSA) is 106 Å². The van der Waals surface area contributed by atoms with Crippen LogP contribution in [0.2, 0.25) is 0 Å². The molecule has 128 valence electrons. The molecule has 0 atom stereocenters. The molecular formula is C17H22N4O3. The largest absolute Gasteiger partial charge is 0.481 e. The highest BCUT2D eigenvalue weighted by atomic mass is 16.4. The van der Waals surface area contributed by atoms with E-state index >= 15 is 0 Å². The van der Waals surface area contributed by atoms with Gasteiger partial charge in [0, 0.05) is 30.5 Å². The summed E-state index contributed by atoms with van der Waals surface area (Å²) in [6.07, 6.45) is 3.14. The van der Waals surface area contributed by atoms with Crippen LogP contribution in [-0.2, 0) is 4.79 Å². The van der Waals surface area contributed by atoms with E-state index in [9.17, 15) is 9.59 Å². The highest BCUT2D eigenvalue weighted by Crippen LogP contribution is 2.19. The van der Waals surface area contributed by atoms with E-state index in [0.29, 0.717) is 17.2 Å². The maximum absolute atomic E-state index is 12.4. The molecule has 3 N–H and O–H groups in total. The van der Waals surface area contributed by atoms with Gasteiger partial charge in [0.1, 0.15) is 0 Å². The molecule has 0 aromatic heterocycles. The smallest absolute Gasteiger partial charge is 0.309 e. The first kappa shape index (κ1) is 17.7. The molecular weight excluding hydrogens is 308 g/mol. The second-order valence-electron chi connectivity index (χ2n) is 6.01. The monoisotopic (exact) mass is 330 g/mol. The van der Waals surface area contributed by atoms with E-state index in [1.54, 1.807) is 24.3 Å². The number of carbonyl (C=O) groups excluding carboxylic acids is 1.